The highest BCUT2D eigenvalue weighted by Gasteiger charge is 2.31. The topological polar surface area (TPSA) is 47.9 Å². The van der Waals surface area contributed by atoms with Gasteiger partial charge >= 0.3 is 8.56 Å². The molecule has 0 saturated carbocycles. The summed E-state index contributed by atoms with van der Waals surface area (Å²) < 4.78 is 16.8. The maximum atomic E-state index is 8.89. The summed E-state index contributed by atoms with van der Waals surface area (Å²) in [7, 11) is -3.49. The molecule has 4 nitrogen and oxygen atoms in total. The first-order valence-electron chi connectivity index (χ1n) is 5.76. The van der Waals surface area contributed by atoms with Crippen molar-refractivity contribution < 1.29 is 18.4 Å². The molecule has 1 N–H and O–H groups in total. The molecule has 1 unspecified atom stereocenters. The first kappa shape index (κ1) is 16.3. The van der Waals surface area contributed by atoms with Crippen molar-refractivity contribution >= 4 is 16.9 Å². The van der Waals surface area contributed by atoms with Crippen LogP contribution < -0.4 is 0 Å². The maximum Gasteiger partial charge on any atom is 0.321 e. The molecule has 6 heteroatoms. The summed E-state index contributed by atoms with van der Waals surface area (Å²) >= 11 is 0. The fraction of sp³-hybridized carbons (Fsp3) is 1.00. The molecule has 0 aliphatic rings. The molecule has 1 atom stereocenters. The summed E-state index contributed by atoms with van der Waals surface area (Å²) in [4.78, 5) is 0. The van der Waals surface area contributed by atoms with Crippen LogP contribution in [0.4, 0.5) is 0 Å². The van der Waals surface area contributed by atoms with Crippen molar-refractivity contribution in [2.75, 3.05) is 13.2 Å². The van der Waals surface area contributed by atoms with Crippen LogP contribution in [0.1, 0.15) is 13.3 Å². The van der Waals surface area contributed by atoms with Gasteiger partial charge in [-0.3, -0.25) is 0 Å². The lowest BCUT2D eigenvalue weighted by Crippen LogP contribution is -2.45. The third-order valence-corrected chi connectivity index (χ3v) is 6.96. The molecule has 0 aliphatic carbocycles. The maximum absolute atomic E-state index is 8.89. The standard InChI is InChI=1S/C10H26O4Si2/c1-10(11)12-8-7-9-13-16(5,6)14-15(2,3)4/h10-11H,7-9H2,1-6H3. The molecule has 0 amide bonds. The van der Waals surface area contributed by atoms with Crippen molar-refractivity contribution in [1.29, 1.82) is 0 Å². The molecular weight excluding hydrogens is 240 g/mol. The fourth-order valence-corrected chi connectivity index (χ4v) is 8.17. The molecule has 0 saturated heterocycles. The van der Waals surface area contributed by atoms with Gasteiger partial charge in [0.05, 0.1) is 6.61 Å². The fourth-order valence-electron chi connectivity index (χ4n) is 1.40. The molecule has 0 fully saturated rings. The molecule has 0 heterocycles. The van der Waals surface area contributed by atoms with Gasteiger partial charge in [0.1, 0.15) is 0 Å². The van der Waals surface area contributed by atoms with Gasteiger partial charge in [-0.25, -0.2) is 0 Å². The van der Waals surface area contributed by atoms with Gasteiger partial charge < -0.3 is 18.4 Å². The summed E-state index contributed by atoms with van der Waals surface area (Å²) in [5.74, 6) is 0. The molecule has 0 aromatic carbocycles. The zero-order valence-electron chi connectivity index (χ0n) is 11.4. The zero-order valence-corrected chi connectivity index (χ0v) is 13.4. The Morgan fingerprint density at radius 3 is 2.06 bits per heavy atom. The van der Waals surface area contributed by atoms with Gasteiger partial charge in [-0.15, -0.1) is 0 Å². The van der Waals surface area contributed by atoms with Gasteiger partial charge in [0.2, 0.25) is 0 Å². The largest absolute Gasteiger partial charge is 0.436 e. The Morgan fingerprint density at radius 1 is 1.06 bits per heavy atom. The summed E-state index contributed by atoms with van der Waals surface area (Å²) in [5.41, 5.74) is 0. The third-order valence-electron chi connectivity index (χ3n) is 1.65. The lowest BCUT2D eigenvalue weighted by molar-refractivity contribution is -0.0874. The third kappa shape index (κ3) is 10.8. The zero-order chi connectivity index (χ0) is 12.8. The highest BCUT2D eigenvalue weighted by Crippen LogP contribution is 2.15. The van der Waals surface area contributed by atoms with Gasteiger partial charge in [0, 0.05) is 6.61 Å². The SMILES string of the molecule is CC(O)OCCCO[Si](C)(C)O[Si](C)(C)C. The van der Waals surface area contributed by atoms with Crippen molar-refractivity contribution in [2.24, 2.45) is 0 Å². The van der Waals surface area contributed by atoms with E-state index in [1.54, 1.807) is 6.92 Å². The minimum Gasteiger partial charge on any atom is -0.436 e. The molecule has 0 aromatic heterocycles. The number of ether oxygens (including phenoxy) is 1. The number of aliphatic hydroxyl groups excluding tert-OH is 1. The van der Waals surface area contributed by atoms with E-state index in [2.05, 4.69) is 32.7 Å². The summed E-state index contributed by atoms with van der Waals surface area (Å²) in [6.07, 6.45) is 0.0969. The van der Waals surface area contributed by atoms with E-state index in [1.165, 1.54) is 0 Å². The van der Waals surface area contributed by atoms with Crippen molar-refractivity contribution in [2.45, 2.75) is 52.4 Å². The van der Waals surface area contributed by atoms with Crippen LogP contribution in [-0.4, -0.2) is 41.5 Å². The van der Waals surface area contributed by atoms with E-state index in [0.717, 1.165) is 6.42 Å². The Labute approximate surface area is 101 Å². The molecule has 0 radical (unpaired) electrons. The van der Waals surface area contributed by atoms with E-state index in [9.17, 15) is 0 Å². The molecule has 0 spiro atoms. The number of hydrogen-bond acceptors (Lipinski definition) is 4. The van der Waals surface area contributed by atoms with Crippen molar-refractivity contribution in [3.05, 3.63) is 0 Å². The van der Waals surface area contributed by atoms with Crippen LogP contribution in [0.3, 0.4) is 0 Å². The molecule has 0 aromatic rings. The Kier molecular flexibility index (Phi) is 6.99. The summed E-state index contributed by atoms with van der Waals surface area (Å²) in [6.45, 7) is 13.4. The van der Waals surface area contributed by atoms with Crippen molar-refractivity contribution in [3.63, 3.8) is 0 Å². The first-order valence-corrected chi connectivity index (χ1v) is 12.0. The average molecular weight is 266 g/mol. The molecular formula is C10H26O4Si2. The van der Waals surface area contributed by atoms with Crippen LogP contribution in [0.15, 0.2) is 0 Å². The van der Waals surface area contributed by atoms with Crippen LogP contribution >= 0.6 is 0 Å². The molecule has 0 bridgehead atoms. The monoisotopic (exact) mass is 266 g/mol. The molecule has 0 rings (SSSR count). The predicted molar refractivity (Wildman–Crippen MR) is 70.1 cm³/mol. The van der Waals surface area contributed by atoms with E-state index < -0.39 is 23.2 Å². The Balaban J connectivity index is 3.66. The molecule has 0 aliphatic heterocycles. The normalized spacial score (nSPS) is 15.2. The van der Waals surface area contributed by atoms with Crippen LogP contribution in [0.2, 0.25) is 32.7 Å². The quantitative estimate of drug-likeness (QED) is 0.416. The minimum atomic E-state index is -1.97. The van der Waals surface area contributed by atoms with Gasteiger partial charge in [0.25, 0.3) is 0 Å². The first-order chi connectivity index (χ1) is 7.12. The second-order valence-corrected chi connectivity index (χ2v) is 13.4. The Morgan fingerprint density at radius 2 is 1.62 bits per heavy atom. The lowest BCUT2D eigenvalue weighted by Gasteiger charge is -2.30. The van der Waals surface area contributed by atoms with Crippen molar-refractivity contribution in [3.8, 4) is 0 Å². The molecule has 98 valence electrons. The van der Waals surface area contributed by atoms with Gasteiger partial charge in [-0.1, -0.05) is 0 Å². The van der Waals surface area contributed by atoms with Gasteiger partial charge in [-0.2, -0.15) is 0 Å². The summed E-state index contributed by atoms with van der Waals surface area (Å²) in [5, 5.41) is 8.89. The van der Waals surface area contributed by atoms with Crippen molar-refractivity contribution in [1.82, 2.24) is 0 Å². The van der Waals surface area contributed by atoms with E-state index in [0.29, 0.717) is 13.2 Å². The number of hydrogen-bond donors (Lipinski definition) is 1. The lowest BCUT2D eigenvalue weighted by atomic mass is 10.5. The highest BCUT2D eigenvalue weighted by molar-refractivity contribution is 6.81. The van der Waals surface area contributed by atoms with Gasteiger partial charge in [-0.05, 0) is 46.1 Å². The summed E-state index contributed by atoms with van der Waals surface area (Å²) in [6, 6.07) is 0. The van der Waals surface area contributed by atoms with Crippen LogP contribution in [0.5, 0.6) is 0 Å². The second kappa shape index (κ2) is 6.88. The smallest absolute Gasteiger partial charge is 0.321 e. The van der Waals surface area contributed by atoms with E-state index in [-0.39, 0.29) is 0 Å². The Hall–Kier alpha value is 0.274. The van der Waals surface area contributed by atoms with E-state index in [1.807, 2.05) is 0 Å². The second-order valence-electron chi connectivity index (χ2n) is 5.29. The number of aliphatic hydroxyl groups is 1. The average Bonchev–Trinajstić information content (AvgIpc) is 1.97. The minimum absolute atomic E-state index is 0.523. The van der Waals surface area contributed by atoms with E-state index in [4.69, 9.17) is 18.4 Å². The molecule has 16 heavy (non-hydrogen) atoms. The highest BCUT2D eigenvalue weighted by atomic mass is 28.4. The van der Waals surface area contributed by atoms with Crippen LogP contribution in [0.25, 0.3) is 0 Å². The van der Waals surface area contributed by atoms with Crippen LogP contribution in [-0.2, 0) is 13.3 Å². The van der Waals surface area contributed by atoms with Crippen LogP contribution in [0, 0.1) is 0 Å². The number of rotatable bonds is 8. The Bertz CT molecular complexity index is 190. The van der Waals surface area contributed by atoms with Gasteiger partial charge in [0.15, 0.2) is 14.6 Å². The predicted octanol–water partition coefficient (Wildman–Crippen LogP) is 2.30. The van der Waals surface area contributed by atoms with E-state index >= 15 is 0 Å².